The number of aromatic nitrogens is 1. The lowest BCUT2D eigenvalue weighted by molar-refractivity contribution is -0.149. The van der Waals surface area contributed by atoms with Crippen molar-refractivity contribution in [2.45, 2.75) is 53.7 Å². The molecule has 1 unspecified atom stereocenters. The van der Waals surface area contributed by atoms with E-state index in [1.807, 2.05) is 39.0 Å². The number of carbonyl (C=O) groups excluding carboxylic acids is 2. The lowest BCUT2D eigenvalue weighted by Crippen LogP contribution is -2.28. The molecule has 0 radical (unpaired) electrons. The molecule has 0 aliphatic rings. The Morgan fingerprint density at radius 1 is 1.04 bits per heavy atom. The number of ether oxygens (including phenoxy) is 2. The monoisotopic (exact) mass is 357 g/mol. The summed E-state index contributed by atoms with van der Waals surface area (Å²) < 4.78 is 12.8. The summed E-state index contributed by atoms with van der Waals surface area (Å²) in [6.07, 6.45) is -0.784. The normalized spacial score (nSPS) is 12.1. The lowest BCUT2D eigenvalue weighted by atomic mass is 10.1. The number of esters is 1. The van der Waals surface area contributed by atoms with E-state index in [0.29, 0.717) is 11.3 Å². The highest BCUT2D eigenvalue weighted by atomic mass is 16.6. The van der Waals surface area contributed by atoms with Gasteiger partial charge in [0.25, 0.3) is 0 Å². The molecule has 0 N–H and O–H groups in total. The first-order valence-electron chi connectivity index (χ1n) is 8.82. The van der Waals surface area contributed by atoms with Crippen LogP contribution in [0.25, 0.3) is 0 Å². The average molecular weight is 357 g/mol. The van der Waals surface area contributed by atoms with Crippen molar-refractivity contribution in [2.75, 3.05) is 6.61 Å². The number of nitrogens with zero attached hydrogens (tertiary/aromatic N) is 1. The average Bonchev–Trinajstić information content (AvgIpc) is 2.89. The molecule has 0 amide bonds. The van der Waals surface area contributed by atoms with E-state index in [0.717, 1.165) is 17.0 Å². The highest BCUT2D eigenvalue weighted by molar-refractivity contribution is 5.99. The van der Waals surface area contributed by atoms with Crippen LogP contribution in [0, 0.1) is 20.8 Å². The van der Waals surface area contributed by atoms with Gasteiger partial charge in [-0.15, -0.1) is 0 Å². The summed E-state index contributed by atoms with van der Waals surface area (Å²) >= 11 is 0. The van der Waals surface area contributed by atoms with E-state index in [-0.39, 0.29) is 18.4 Å². The molecular formula is C21H27NO4. The summed E-state index contributed by atoms with van der Waals surface area (Å²) in [5.74, 6) is -0.177. The van der Waals surface area contributed by atoms with Crippen molar-refractivity contribution in [1.29, 1.82) is 0 Å². The second-order valence-corrected chi connectivity index (χ2v) is 6.85. The first-order chi connectivity index (χ1) is 12.2. The molecule has 1 aromatic heterocycles. The smallest absolute Gasteiger partial charge is 0.347 e. The summed E-state index contributed by atoms with van der Waals surface area (Å²) in [7, 11) is 0. The number of hydrogen-bond donors (Lipinski definition) is 0. The van der Waals surface area contributed by atoms with Gasteiger partial charge in [0.15, 0.2) is 12.7 Å². The van der Waals surface area contributed by atoms with Crippen LogP contribution in [0.1, 0.15) is 54.1 Å². The second kappa shape index (κ2) is 8.21. The molecule has 0 saturated carbocycles. The summed E-state index contributed by atoms with van der Waals surface area (Å²) in [6.45, 7) is 11.3. The number of rotatable bonds is 7. The summed E-state index contributed by atoms with van der Waals surface area (Å²) in [5, 5.41) is 0. The Morgan fingerprint density at radius 2 is 1.65 bits per heavy atom. The highest BCUT2D eigenvalue weighted by Gasteiger charge is 2.21. The molecule has 5 heteroatoms. The molecular weight excluding hydrogens is 330 g/mol. The standard InChI is InChI=1S/C21H27NO4/c1-13(2)22-15(4)11-19(16(22)5)20(23)12-25-21(24)17(6)26-18-9-7-14(3)8-10-18/h7-11,13,17H,12H2,1-6H3. The zero-order chi connectivity index (χ0) is 19.4. The Morgan fingerprint density at radius 3 is 2.19 bits per heavy atom. The van der Waals surface area contributed by atoms with Crippen LogP contribution in [0.15, 0.2) is 30.3 Å². The maximum atomic E-state index is 12.4. The van der Waals surface area contributed by atoms with Crippen LogP contribution in [-0.2, 0) is 9.53 Å². The number of hydrogen-bond acceptors (Lipinski definition) is 4. The summed E-state index contributed by atoms with van der Waals surface area (Å²) in [5.41, 5.74) is 3.61. The predicted octanol–water partition coefficient (Wildman–Crippen LogP) is 4.19. The minimum absolute atomic E-state index is 0.208. The van der Waals surface area contributed by atoms with Gasteiger partial charge in [-0.2, -0.15) is 0 Å². The zero-order valence-corrected chi connectivity index (χ0v) is 16.3. The lowest BCUT2D eigenvalue weighted by Gasteiger charge is -2.14. The SMILES string of the molecule is Cc1ccc(OC(C)C(=O)OCC(=O)c2cc(C)n(C(C)C)c2C)cc1. The van der Waals surface area contributed by atoms with Crippen LogP contribution in [0.3, 0.4) is 0 Å². The van der Waals surface area contributed by atoms with E-state index in [2.05, 4.69) is 18.4 Å². The van der Waals surface area contributed by atoms with Crippen LogP contribution < -0.4 is 4.74 Å². The van der Waals surface area contributed by atoms with Gasteiger partial charge in [0, 0.05) is 23.0 Å². The number of carbonyl (C=O) groups is 2. The van der Waals surface area contributed by atoms with Crippen LogP contribution in [0.5, 0.6) is 5.75 Å². The fourth-order valence-corrected chi connectivity index (χ4v) is 3.05. The van der Waals surface area contributed by atoms with Crippen molar-refractivity contribution in [2.24, 2.45) is 0 Å². The first-order valence-corrected chi connectivity index (χ1v) is 8.82. The van der Waals surface area contributed by atoms with Crippen LogP contribution in [-0.4, -0.2) is 29.0 Å². The molecule has 26 heavy (non-hydrogen) atoms. The summed E-state index contributed by atoms with van der Waals surface area (Å²) in [4.78, 5) is 24.6. The van der Waals surface area contributed by atoms with E-state index < -0.39 is 12.1 Å². The van der Waals surface area contributed by atoms with E-state index >= 15 is 0 Å². The van der Waals surface area contributed by atoms with E-state index in [1.165, 1.54) is 0 Å². The molecule has 2 aromatic rings. The Bertz CT molecular complexity index is 787. The van der Waals surface area contributed by atoms with Crippen LogP contribution in [0.2, 0.25) is 0 Å². The Kier molecular flexibility index (Phi) is 6.24. The number of benzene rings is 1. The zero-order valence-electron chi connectivity index (χ0n) is 16.3. The predicted molar refractivity (Wildman–Crippen MR) is 101 cm³/mol. The van der Waals surface area contributed by atoms with Gasteiger partial charge < -0.3 is 14.0 Å². The van der Waals surface area contributed by atoms with Crippen molar-refractivity contribution in [3.05, 3.63) is 52.8 Å². The molecule has 0 fully saturated rings. The fourth-order valence-electron chi connectivity index (χ4n) is 3.05. The maximum absolute atomic E-state index is 12.4. The Balaban J connectivity index is 1.95. The Labute approximate surface area is 154 Å². The van der Waals surface area contributed by atoms with Crippen LogP contribution in [0.4, 0.5) is 0 Å². The highest BCUT2D eigenvalue weighted by Crippen LogP contribution is 2.20. The number of Topliss-reactive ketones (excluding diaryl/α,β-unsaturated/α-hetero) is 1. The molecule has 1 aromatic carbocycles. The van der Waals surface area contributed by atoms with E-state index in [4.69, 9.17) is 9.47 Å². The van der Waals surface area contributed by atoms with E-state index in [1.54, 1.807) is 19.1 Å². The molecule has 2 rings (SSSR count). The van der Waals surface area contributed by atoms with Crippen molar-refractivity contribution >= 4 is 11.8 Å². The van der Waals surface area contributed by atoms with Crippen molar-refractivity contribution in [1.82, 2.24) is 4.57 Å². The first kappa shape index (κ1) is 19.8. The molecule has 0 aliphatic carbocycles. The van der Waals surface area contributed by atoms with Gasteiger partial charge in [0.2, 0.25) is 5.78 Å². The quantitative estimate of drug-likeness (QED) is 0.551. The van der Waals surface area contributed by atoms with Crippen molar-refractivity contribution in [3.63, 3.8) is 0 Å². The molecule has 0 bridgehead atoms. The minimum atomic E-state index is -0.784. The van der Waals surface area contributed by atoms with Gasteiger partial charge in [-0.25, -0.2) is 4.79 Å². The van der Waals surface area contributed by atoms with Crippen LogP contribution >= 0.6 is 0 Å². The molecule has 0 aliphatic heterocycles. The Hall–Kier alpha value is -2.56. The molecule has 1 heterocycles. The maximum Gasteiger partial charge on any atom is 0.347 e. The van der Waals surface area contributed by atoms with Gasteiger partial charge >= 0.3 is 5.97 Å². The minimum Gasteiger partial charge on any atom is -0.479 e. The molecule has 5 nitrogen and oxygen atoms in total. The number of aryl methyl sites for hydroxylation is 2. The molecule has 0 spiro atoms. The largest absolute Gasteiger partial charge is 0.479 e. The van der Waals surface area contributed by atoms with Gasteiger partial charge in [0.1, 0.15) is 5.75 Å². The van der Waals surface area contributed by atoms with Crippen molar-refractivity contribution < 1.29 is 19.1 Å². The van der Waals surface area contributed by atoms with E-state index in [9.17, 15) is 9.59 Å². The second-order valence-electron chi connectivity index (χ2n) is 6.85. The van der Waals surface area contributed by atoms with Gasteiger partial charge in [0.05, 0.1) is 0 Å². The molecule has 140 valence electrons. The third kappa shape index (κ3) is 4.54. The third-order valence-electron chi connectivity index (χ3n) is 4.31. The van der Waals surface area contributed by atoms with Gasteiger partial charge in [-0.3, -0.25) is 4.79 Å². The van der Waals surface area contributed by atoms with Crippen molar-refractivity contribution in [3.8, 4) is 5.75 Å². The van der Waals surface area contributed by atoms with Gasteiger partial charge in [-0.1, -0.05) is 17.7 Å². The third-order valence-corrected chi connectivity index (χ3v) is 4.31. The molecule has 0 saturated heterocycles. The van der Waals surface area contributed by atoms with Gasteiger partial charge in [-0.05, 0) is 59.7 Å². The summed E-state index contributed by atoms with van der Waals surface area (Å²) in [6, 6.07) is 9.51. The number of ketones is 1. The molecule has 1 atom stereocenters. The topological polar surface area (TPSA) is 57.5 Å². The fraction of sp³-hybridized carbons (Fsp3) is 0.429.